The van der Waals surface area contributed by atoms with E-state index in [1.807, 2.05) is 17.7 Å². The fraction of sp³-hybridized carbons (Fsp3) is 0.269. The van der Waals surface area contributed by atoms with Gasteiger partial charge in [-0.05, 0) is 49.2 Å². The zero-order chi connectivity index (χ0) is 25.8. The van der Waals surface area contributed by atoms with Crippen LogP contribution in [0, 0.1) is 0 Å². The summed E-state index contributed by atoms with van der Waals surface area (Å²) in [6, 6.07) is 8.33. The molecule has 1 aromatic heterocycles. The van der Waals surface area contributed by atoms with Crippen LogP contribution in [-0.2, 0) is 16.1 Å². The molecule has 2 N–H and O–H groups in total. The van der Waals surface area contributed by atoms with Crippen molar-refractivity contribution in [3.8, 4) is 17.2 Å². The van der Waals surface area contributed by atoms with E-state index in [4.69, 9.17) is 21.1 Å². The number of ketones is 1. The summed E-state index contributed by atoms with van der Waals surface area (Å²) in [6.07, 6.45) is 5.69. The molecule has 36 heavy (non-hydrogen) atoms. The normalized spacial score (nSPS) is 17.0. The Labute approximate surface area is 213 Å². The smallest absolute Gasteiger partial charge is 0.295 e. The predicted molar refractivity (Wildman–Crippen MR) is 133 cm³/mol. The number of ether oxygens (including phenoxy) is 2. The Bertz CT molecular complexity index is 1310. The van der Waals surface area contributed by atoms with Crippen molar-refractivity contribution < 1.29 is 29.3 Å². The molecule has 0 spiro atoms. The molecule has 0 radical (unpaired) electrons. The summed E-state index contributed by atoms with van der Waals surface area (Å²) in [7, 11) is 1.41. The summed E-state index contributed by atoms with van der Waals surface area (Å²) in [6.45, 7) is 3.07. The molecule has 1 aliphatic heterocycles. The first-order valence-electron chi connectivity index (χ1n) is 11.4. The molecule has 1 aliphatic rings. The van der Waals surface area contributed by atoms with Gasteiger partial charge in [-0.3, -0.25) is 9.59 Å². The molecule has 0 unspecified atom stereocenters. The topological polar surface area (TPSA) is 114 Å². The Hall–Kier alpha value is -3.98. The second-order valence-electron chi connectivity index (χ2n) is 8.16. The zero-order valence-corrected chi connectivity index (χ0v) is 20.6. The van der Waals surface area contributed by atoms with Crippen LogP contribution in [0.15, 0.2) is 60.7 Å². The Morgan fingerprint density at radius 3 is 2.61 bits per heavy atom. The van der Waals surface area contributed by atoms with E-state index in [9.17, 15) is 19.8 Å². The Morgan fingerprint density at radius 1 is 1.14 bits per heavy atom. The Balaban J connectivity index is 1.77. The van der Waals surface area contributed by atoms with Crippen LogP contribution >= 0.6 is 11.6 Å². The summed E-state index contributed by atoms with van der Waals surface area (Å²) >= 11 is 6.31. The van der Waals surface area contributed by atoms with Crippen molar-refractivity contribution in [2.45, 2.75) is 25.9 Å². The maximum atomic E-state index is 13.2. The number of aryl methyl sites for hydroxylation is 1. The van der Waals surface area contributed by atoms with Crippen LogP contribution < -0.4 is 9.47 Å². The molecule has 0 bridgehead atoms. The van der Waals surface area contributed by atoms with Gasteiger partial charge in [-0.1, -0.05) is 17.7 Å². The molecule has 0 saturated carbocycles. The third-order valence-corrected chi connectivity index (χ3v) is 6.23. The molecular formula is C26H26ClN3O6. The van der Waals surface area contributed by atoms with Gasteiger partial charge < -0.3 is 29.2 Å². The van der Waals surface area contributed by atoms with E-state index < -0.39 is 17.7 Å². The molecule has 1 saturated heterocycles. The fourth-order valence-electron chi connectivity index (χ4n) is 4.24. The molecule has 1 fully saturated rings. The van der Waals surface area contributed by atoms with Crippen LogP contribution in [0.3, 0.4) is 0 Å². The predicted octanol–water partition coefficient (Wildman–Crippen LogP) is 4.16. The van der Waals surface area contributed by atoms with Crippen molar-refractivity contribution in [3.05, 3.63) is 76.8 Å². The lowest BCUT2D eigenvalue weighted by Gasteiger charge is -2.26. The number of rotatable bonds is 9. The number of Topliss-reactive ketones (excluding diaryl/α,β-unsaturated/α-hetero) is 1. The molecule has 1 amide bonds. The zero-order valence-electron chi connectivity index (χ0n) is 19.8. The minimum absolute atomic E-state index is 0.0735. The van der Waals surface area contributed by atoms with E-state index in [2.05, 4.69) is 4.98 Å². The summed E-state index contributed by atoms with van der Waals surface area (Å²) in [4.78, 5) is 31.8. The Kier molecular flexibility index (Phi) is 7.49. The maximum Gasteiger partial charge on any atom is 0.295 e. The number of methoxy groups -OCH3 is 1. The molecule has 3 aromatic rings. The van der Waals surface area contributed by atoms with E-state index in [0.29, 0.717) is 30.9 Å². The number of nitrogens with zero attached hydrogens (tertiary/aromatic N) is 3. The summed E-state index contributed by atoms with van der Waals surface area (Å²) in [5, 5.41) is 21.6. The van der Waals surface area contributed by atoms with Crippen molar-refractivity contribution in [1.29, 1.82) is 0 Å². The average molecular weight is 512 g/mol. The van der Waals surface area contributed by atoms with Gasteiger partial charge in [0.2, 0.25) is 0 Å². The number of aromatic nitrogens is 2. The highest BCUT2D eigenvalue weighted by Gasteiger charge is 2.46. The molecule has 0 aliphatic carbocycles. The van der Waals surface area contributed by atoms with Gasteiger partial charge in [0.15, 0.2) is 11.5 Å². The highest BCUT2D eigenvalue weighted by atomic mass is 35.5. The SMILES string of the molecule is CCOc1ccc(C(O)=C2C(=O)C(=O)N(CCCn3ccnc3)[C@@H]2c2ccc(O)c(OC)c2)cc1Cl. The molecule has 4 rings (SSSR count). The number of phenolic OH excluding ortho intramolecular Hbond substituents is 1. The second-order valence-corrected chi connectivity index (χ2v) is 8.56. The van der Waals surface area contributed by atoms with Crippen molar-refractivity contribution >= 4 is 29.1 Å². The standard InChI is InChI=1S/C26H26ClN3O6/c1-3-36-20-8-6-17(13-18(20)27)24(32)22-23(16-5-7-19(31)21(14-16)35-2)30(26(34)25(22)33)11-4-10-29-12-9-28-15-29/h5-9,12-15,23,31-32H,3-4,10-11H2,1-2H3/t23-/m1/s1. The molecule has 188 valence electrons. The highest BCUT2D eigenvalue weighted by molar-refractivity contribution is 6.46. The number of halogens is 1. The number of aliphatic hydroxyl groups is 1. The largest absolute Gasteiger partial charge is 0.507 e. The number of carbonyl (C=O) groups is 2. The molecular weight excluding hydrogens is 486 g/mol. The number of aromatic hydroxyl groups is 1. The third-order valence-electron chi connectivity index (χ3n) is 5.94. The van der Waals surface area contributed by atoms with Crippen LogP contribution in [0.25, 0.3) is 5.76 Å². The van der Waals surface area contributed by atoms with Crippen LogP contribution in [0.1, 0.15) is 30.5 Å². The number of hydrogen-bond acceptors (Lipinski definition) is 7. The van der Waals surface area contributed by atoms with Gasteiger partial charge in [0.05, 0.1) is 36.7 Å². The van der Waals surface area contributed by atoms with Crippen molar-refractivity contribution in [2.75, 3.05) is 20.3 Å². The number of carbonyl (C=O) groups excluding carboxylic acids is 2. The summed E-state index contributed by atoms with van der Waals surface area (Å²) in [5.41, 5.74) is 0.705. The number of aliphatic hydroxyl groups excluding tert-OH is 1. The number of imidazole rings is 1. The lowest BCUT2D eigenvalue weighted by atomic mass is 9.95. The Morgan fingerprint density at radius 2 is 1.94 bits per heavy atom. The van der Waals surface area contributed by atoms with Gasteiger partial charge in [0, 0.05) is 31.0 Å². The number of benzene rings is 2. The minimum Gasteiger partial charge on any atom is -0.507 e. The van der Waals surface area contributed by atoms with E-state index in [1.165, 1.54) is 24.1 Å². The van der Waals surface area contributed by atoms with Gasteiger partial charge in [-0.15, -0.1) is 0 Å². The van der Waals surface area contributed by atoms with Gasteiger partial charge in [-0.2, -0.15) is 0 Å². The van der Waals surface area contributed by atoms with Crippen molar-refractivity contribution in [1.82, 2.24) is 14.5 Å². The van der Waals surface area contributed by atoms with Gasteiger partial charge >= 0.3 is 0 Å². The third kappa shape index (κ3) is 4.87. The van der Waals surface area contributed by atoms with E-state index in [-0.39, 0.29) is 40.0 Å². The molecule has 10 heteroatoms. The number of phenols is 1. The van der Waals surface area contributed by atoms with Gasteiger partial charge in [0.25, 0.3) is 11.7 Å². The molecule has 1 atom stereocenters. The monoisotopic (exact) mass is 511 g/mol. The van der Waals surface area contributed by atoms with E-state index in [0.717, 1.165) is 0 Å². The quantitative estimate of drug-likeness (QED) is 0.252. The fourth-order valence-corrected chi connectivity index (χ4v) is 4.48. The maximum absolute atomic E-state index is 13.2. The van der Waals surface area contributed by atoms with Crippen LogP contribution in [0.2, 0.25) is 5.02 Å². The molecule has 2 heterocycles. The van der Waals surface area contributed by atoms with Crippen LogP contribution in [0.4, 0.5) is 0 Å². The van der Waals surface area contributed by atoms with Crippen LogP contribution in [0.5, 0.6) is 17.2 Å². The van der Waals surface area contributed by atoms with Crippen molar-refractivity contribution in [2.24, 2.45) is 0 Å². The first-order chi connectivity index (χ1) is 17.3. The minimum atomic E-state index is -0.896. The van der Waals surface area contributed by atoms with E-state index in [1.54, 1.807) is 36.8 Å². The number of likely N-dealkylation sites (tertiary alicyclic amines) is 1. The van der Waals surface area contributed by atoms with Crippen LogP contribution in [-0.4, -0.2) is 56.6 Å². The summed E-state index contributed by atoms with van der Waals surface area (Å²) < 4.78 is 12.6. The molecule has 2 aromatic carbocycles. The van der Waals surface area contributed by atoms with Gasteiger partial charge in [-0.25, -0.2) is 4.98 Å². The van der Waals surface area contributed by atoms with Gasteiger partial charge in [0.1, 0.15) is 11.5 Å². The highest BCUT2D eigenvalue weighted by Crippen LogP contribution is 2.42. The lowest BCUT2D eigenvalue weighted by Crippen LogP contribution is -2.31. The lowest BCUT2D eigenvalue weighted by molar-refractivity contribution is -0.139. The average Bonchev–Trinajstić information content (AvgIpc) is 3.47. The first-order valence-corrected chi connectivity index (χ1v) is 11.8. The molecule has 9 nitrogen and oxygen atoms in total. The first kappa shape index (κ1) is 25.1. The number of hydrogen-bond donors (Lipinski definition) is 2. The van der Waals surface area contributed by atoms with Crippen molar-refractivity contribution in [3.63, 3.8) is 0 Å². The van der Waals surface area contributed by atoms with E-state index >= 15 is 0 Å². The number of amides is 1. The summed E-state index contributed by atoms with van der Waals surface area (Å²) in [5.74, 6) is -1.35. The second kappa shape index (κ2) is 10.7.